The lowest BCUT2D eigenvalue weighted by atomic mass is 10.0. The molecule has 1 saturated heterocycles. The Hall–Kier alpha value is -1.85. The normalized spacial score (nSPS) is 20.2. The van der Waals surface area contributed by atoms with Crippen LogP contribution in [0.1, 0.15) is 19.3 Å². The fourth-order valence-corrected chi connectivity index (χ4v) is 4.10. The summed E-state index contributed by atoms with van der Waals surface area (Å²) in [7, 11) is -3.36. The van der Waals surface area contributed by atoms with Gasteiger partial charge in [-0.1, -0.05) is 11.6 Å². The van der Waals surface area contributed by atoms with Crippen molar-refractivity contribution in [2.45, 2.75) is 36.4 Å². The first-order valence-electron chi connectivity index (χ1n) is 8.07. The van der Waals surface area contributed by atoms with E-state index in [9.17, 15) is 26.4 Å². The van der Waals surface area contributed by atoms with Gasteiger partial charge in [0.1, 0.15) is 0 Å². The minimum Gasteiger partial charge on any atom is -0.475 e. The van der Waals surface area contributed by atoms with E-state index in [-0.39, 0.29) is 21.9 Å². The molecule has 1 heterocycles. The van der Waals surface area contributed by atoms with Gasteiger partial charge < -0.3 is 15.7 Å². The van der Waals surface area contributed by atoms with Crippen molar-refractivity contribution in [1.82, 2.24) is 5.32 Å². The number of carbonyl (C=O) groups excluding carboxylic acids is 1. The van der Waals surface area contributed by atoms with Crippen LogP contribution in [0.3, 0.4) is 0 Å². The van der Waals surface area contributed by atoms with Crippen LogP contribution < -0.4 is 10.6 Å². The van der Waals surface area contributed by atoms with E-state index in [0.717, 1.165) is 19.2 Å². The molecule has 1 atom stereocenters. The third kappa shape index (κ3) is 5.82. The zero-order valence-electron chi connectivity index (χ0n) is 14.6. The van der Waals surface area contributed by atoms with Gasteiger partial charge in [0.15, 0.2) is 9.84 Å². The maximum Gasteiger partial charge on any atom is 0.490 e. The molecule has 3 rings (SSSR count). The van der Waals surface area contributed by atoms with Gasteiger partial charge >= 0.3 is 12.1 Å². The van der Waals surface area contributed by atoms with Gasteiger partial charge in [0.05, 0.1) is 16.0 Å². The third-order valence-electron chi connectivity index (χ3n) is 4.48. The lowest BCUT2D eigenvalue weighted by Gasteiger charge is -2.12. The maximum atomic E-state index is 12.2. The van der Waals surface area contributed by atoms with E-state index in [4.69, 9.17) is 21.5 Å². The van der Waals surface area contributed by atoms with E-state index in [1.807, 2.05) is 0 Å². The average molecular weight is 443 g/mol. The topological polar surface area (TPSA) is 113 Å². The minimum atomic E-state index is -5.08. The summed E-state index contributed by atoms with van der Waals surface area (Å²) >= 11 is 5.97. The van der Waals surface area contributed by atoms with E-state index >= 15 is 0 Å². The van der Waals surface area contributed by atoms with Gasteiger partial charge in [0, 0.05) is 18.5 Å². The van der Waals surface area contributed by atoms with E-state index < -0.39 is 22.0 Å². The molecule has 0 unspecified atom stereocenters. The van der Waals surface area contributed by atoms with Crippen molar-refractivity contribution in [3.63, 3.8) is 0 Å². The SMILES string of the molecule is CS(=O)(=O)c1ccc(NC(=O)[C@H]2CC3(CC3)CN2)cc1Cl.O=C(O)C(F)(F)F. The van der Waals surface area contributed by atoms with Gasteiger partial charge in [-0.2, -0.15) is 13.2 Å². The van der Waals surface area contributed by atoms with Crippen LogP contribution in [-0.2, 0) is 19.4 Å². The Balaban J connectivity index is 0.000000345. The Kier molecular flexibility index (Phi) is 6.31. The highest BCUT2D eigenvalue weighted by molar-refractivity contribution is 7.90. The molecule has 7 nitrogen and oxygen atoms in total. The zero-order chi connectivity index (χ0) is 21.3. The van der Waals surface area contributed by atoms with Gasteiger partial charge in [-0.25, -0.2) is 13.2 Å². The second-order valence-corrected chi connectivity index (χ2v) is 9.24. The molecule has 156 valence electrons. The predicted molar refractivity (Wildman–Crippen MR) is 95.0 cm³/mol. The summed E-state index contributed by atoms with van der Waals surface area (Å²) in [4.78, 5) is 21.2. The van der Waals surface area contributed by atoms with E-state index in [2.05, 4.69) is 10.6 Å². The van der Waals surface area contributed by atoms with Crippen molar-refractivity contribution < 1.29 is 36.3 Å². The van der Waals surface area contributed by atoms with Crippen LogP contribution in [0.5, 0.6) is 0 Å². The molecule has 1 aliphatic heterocycles. The Morgan fingerprint density at radius 2 is 1.89 bits per heavy atom. The minimum absolute atomic E-state index is 0.0677. The number of carboxylic acids is 1. The highest BCUT2D eigenvalue weighted by Crippen LogP contribution is 2.51. The Morgan fingerprint density at radius 3 is 2.29 bits per heavy atom. The number of nitrogens with one attached hydrogen (secondary N) is 2. The summed E-state index contributed by atoms with van der Waals surface area (Å²) in [5, 5.41) is 13.3. The molecule has 2 aliphatic rings. The fourth-order valence-electron chi connectivity index (χ4n) is 2.77. The number of sulfone groups is 1. The number of benzene rings is 1. The Morgan fingerprint density at radius 1 is 1.32 bits per heavy atom. The summed E-state index contributed by atoms with van der Waals surface area (Å²) in [5.74, 6) is -2.85. The van der Waals surface area contributed by atoms with Gasteiger partial charge in [0.2, 0.25) is 5.91 Å². The van der Waals surface area contributed by atoms with Crippen LogP contribution in [0.25, 0.3) is 0 Å². The van der Waals surface area contributed by atoms with Crippen LogP contribution in [0.15, 0.2) is 23.1 Å². The van der Waals surface area contributed by atoms with Crippen molar-refractivity contribution in [1.29, 1.82) is 0 Å². The van der Waals surface area contributed by atoms with Gasteiger partial charge in [-0.3, -0.25) is 4.79 Å². The molecule has 0 radical (unpaired) electrons. The van der Waals surface area contributed by atoms with Crippen molar-refractivity contribution in [3.8, 4) is 0 Å². The number of aliphatic carboxylic acids is 1. The highest BCUT2D eigenvalue weighted by Gasteiger charge is 2.49. The number of halogens is 4. The van der Waals surface area contributed by atoms with Crippen molar-refractivity contribution >= 4 is 39.0 Å². The monoisotopic (exact) mass is 442 g/mol. The number of rotatable bonds is 3. The molecule has 1 spiro atoms. The number of amides is 1. The van der Waals surface area contributed by atoms with Gasteiger partial charge in [0.25, 0.3) is 0 Å². The van der Waals surface area contributed by atoms with Crippen molar-refractivity contribution in [3.05, 3.63) is 23.2 Å². The quantitative estimate of drug-likeness (QED) is 0.663. The van der Waals surface area contributed by atoms with Crippen LogP contribution in [0, 0.1) is 5.41 Å². The Bertz CT molecular complexity index is 885. The molecule has 12 heteroatoms. The molecule has 1 amide bonds. The van der Waals surface area contributed by atoms with Crippen molar-refractivity contribution in [2.75, 3.05) is 18.1 Å². The number of alkyl halides is 3. The van der Waals surface area contributed by atoms with Gasteiger partial charge in [-0.05, 0) is 42.9 Å². The van der Waals surface area contributed by atoms with Crippen LogP contribution in [0.4, 0.5) is 18.9 Å². The molecule has 28 heavy (non-hydrogen) atoms. The molecular formula is C16H18ClF3N2O5S. The lowest BCUT2D eigenvalue weighted by molar-refractivity contribution is -0.192. The first-order valence-corrected chi connectivity index (χ1v) is 10.3. The average Bonchev–Trinajstić information content (AvgIpc) is 3.14. The second kappa shape index (κ2) is 7.88. The summed E-state index contributed by atoms with van der Waals surface area (Å²) < 4.78 is 54.7. The number of carboxylic acid groups (broad SMARTS) is 1. The maximum absolute atomic E-state index is 12.2. The molecule has 2 fully saturated rings. The van der Waals surface area contributed by atoms with Crippen LogP contribution in [-0.4, -0.2) is 50.4 Å². The zero-order valence-corrected chi connectivity index (χ0v) is 16.2. The van der Waals surface area contributed by atoms with E-state index in [1.54, 1.807) is 6.07 Å². The molecule has 0 bridgehead atoms. The molecule has 0 aromatic heterocycles. The molecule has 1 aromatic rings. The number of hydrogen-bond donors (Lipinski definition) is 3. The van der Waals surface area contributed by atoms with Crippen LogP contribution >= 0.6 is 11.6 Å². The summed E-state index contributed by atoms with van der Waals surface area (Å²) in [5.41, 5.74) is 0.857. The molecule has 1 aliphatic carbocycles. The first-order chi connectivity index (χ1) is 12.7. The van der Waals surface area contributed by atoms with Gasteiger partial charge in [-0.15, -0.1) is 0 Å². The van der Waals surface area contributed by atoms with Crippen LogP contribution in [0.2, 0.25) is 5.02 Å². The molecule has 1 aromatic carbocycles. The summed E-state index contributed by atoms with van der Waals surface area (Å²) in [6.07, 6.45) is -0.727. The predicted octanol–water partition coefficient (Wildman–Crippen LogP) is 2.46. The Labute approximate surface area is 164 Å². The lowest BCUT2D eigenvalue weighted by Crippen LogP contribution is -2.35. The van der Waals surface area contributed by atoms with E-state index in [0.29, 0.717) is 11.1 Å². The standard InChI is InChI=1S/C14H17ClN2O3S.C2HF3O2/c1-21(19,20)12-3-2-9(6-10(12)15)17-13(18)11-7-14(4-5-14)8-16-11;3-2(4,5)1(6)7/h2-3,6,11,16H,4-5,7-8H2,1H3,(H,17,18);(H,6,7)/t11-;/m1./s1. The summed E-state index contributed by atoms with van der Waals surface area (Å²) in [6, 6.07) is 4.26. The first kappa shape index (κ1) is 22.4. The smallest absolute Gasteiger partial charge is 0.475 e. The number of anilines is 1. The molecule has 1 saturated carbocycles. The third-order valence-corrected chi connectivity index (χ3v) is 6.06. The van der Waals surface area contributed by atoms with Crippen molar-refractivity contribution in [2.24, 2.45) is 5.41 Å². The number of hydrogen-bond acceptors (Lipinski definition) is 5. The summed E-state index contributed by atoms with van der Waals surface area (Å²) in [6.45, 7) is 0.902. The second-order valence-electron chi connectivity index (χ2n) is 6.85. The fraction of sp³-hybridized carbons (Fsp3) is 0.500. The molecule has 3 N–H and O–H groups in total. The molecular weight excluding hydrogens is 425 g/mol. The largest absolute Gasteiger partial charge is 0.490 e. The highest BCUT2D eigenvalue weighted by atomic mass is 35.5. The number of carbonyl (C=O) groups is 2. The van der Waals surface area contributed by atoms with E-state index in [1.165, 1.54) is 25.0 Å².